The molecule has 0 spiro atoms. The largest absolute Gasteiger partial charge is 0.330 e. The van der Waals surface area contributed by atoms with Crippen LogP contribution in [0.4, 0.5) is 0 Å². The first-order valence-electron chi connectivity index (χ1n) is 8.19. The van der Waals surface area contributed by atoms with Crippen molar-refractivity contribution >= 4 is 5.91 Å². The molecule has 2 aliphatic heterocycles. The summed E-state index contributed by atoms with van der Waals surface area (Å²) in [7, 11) is 0. The number of amides is 1. The lowest BCUT2D eigenvalue weighted by Gasteiger charge is -2.22. The summed E-state index contributed by atoms with van der Waals surface area (Å²) in [4.78, 5) is 18.8. The van der Waals surface area contributed by atoms with Crippen LogP contribution in [0.2, 0.25) is 0 Å². The topological polar surface area (TPSA) is 69.0 Å². The van der Waals surface area contributed by atoms with Gasteiger partial charge in [-0.2, -0.15) is 5.26 Å². The molecule has 3 heterocycles. The third kappa shape index (κ3) is 2.45. The monoisotopic (exact) mass is 318 g/mol. The number of nitrogens with zero attached hydrogens (tertiary/aromatic N) is 3. The Labute approximate surface area is 140 Å². The summed E-state index contributed by atoms with van der Waals surface area (Å²) in [5.74, 6) is 0.113. The lowest BCUT2D eigenvalue weighted by Crippen LogP contribution is -2.36. The van der Waals surface area contributed by atoms with E-state index < -0.39 is 0 Å². The number of nitriles is 1. The molecular formula is C19H18N4O. The summed E-state index contributed by atoms with van der Waals surface area (Å²) in [6, 6.07) is 12.4. The van der Waals surface area contributed by atoms with E-state index in [4.69, 9.17) is 5.26 Å². The molecule has 1 N–H and O–H groups in total. The molecule has 2 aliphatic rings. The van der Waals surface area contributed by atoms with Gasteiger partial charge < -0.3 is 10.2 Å². The van der Waals surface area contributed by atoms with Crippen molar-refractivity contribution in [2.24, 2.45) is 0 Å². The predicted molar refractivity (Wildman–Crippen MR) is 90.1 cm³/mol. The smallest absolute Gasteiger partial charge is 0.254 e. The number of rotatable bonds is 2. The van der Waals surface area contributed by atoms with Gasteiger partial charge in [-0.05, 0) is 48.2 Å². The Kier molecular flexibility index (Phi) is 3.55. The maximum absolute atomic E-state index is 12.8. The van der Waals surface area contributed by atoms with Crippen LogP contribution in [0.1, 0.15) is 35.0 Å². The van der Waals surface area contributed by atoms with Gasteiger partial charge in [0.1, 0.15) is 11.8 Å². The Hall–Kier alpha value is -2.71. The summed E-state index contributed by atoms with van der Waals surface area (Å²) >= 11 is 0. The number of hydrogen-bond acceptors (Lipinski definition) is 4. The van der Waals surface area contributed by atoms with Crippen LogP contribution in [-0.4, -0.2) is 34.4 Å². The summed E-state index contributed by atoms with van der Waals surface area (Å²) in [5.41, 5.74) is 4.10. The first-order chi connectivity index (χ1) is 11.7. The zero-order valence-electron chi connectivity index (χ0n) is 13.5. The Morgan fingerprint density at radius 3 is 2.88 bits per heavy atom. The van der Waals surface area contributed by atoms with Crippen LogP contribution in [0, 0.1) is 11.3 Å². The molecule has 24 heavy (non-hydrogen) atoms. The molecule has 0 saturated carbocycles. The minimum absolute atomic E-state index is 0.113. The molecule has 1 saturated heterocycles. The quantitative estimate of drug-likeness (QED) is 0.922. The highest BCUT2D eigenvalue weighted by atomic mass is 16.2. The Morgan fingerprint density at radius 2 is 2.12 bits per heavy atom. The standard InChI is InChI=1S/C19H18N4O/c1-12-6-17(10-22-12)23-11-15-3-2-13(8-18(15)19(23)24)14-4-5-21-16(7-14)9-20/h2-5,7-8,12,17,22H,6,10-11H2,1H3/t12-,17-/m1/s1. The zero-order valence-corrected chi connectivity index (χ0v) is 13.5. The molecule has 120 valence electrons. The van der Waals surface area contributed by atoms with E-state index in [1.54, 1.807) is 12.3 Å². The maximum Gasteiger partial charge on any atom is 0.254 e. The Balaban J connectivity index is 1.65. The van der Waals surface area contributed by atoms with Crippen molar-refractivity contribution in [1.29, 1.82) is 5.26 Å². The number of nitrogens with one attached hydrogen (secondary N) is 1. The lowest BCUT2D eigenvalue weighted by molar-refractivity contribution is 0.0716. The van der Waals surface area contributed by atoms with E-state index in [9.17, 15) is 4.79 Å². The van der Waals surface area contributed by atoms with Crippen molar-refractivity contribution in [2.75, 3.05) is 6.54 Å². The predicted octanol–water partition coefficient (Wildman–Crippen LogP) is 2.33. The van der Waals surface area contributed by atoms with Gasteiger partial charge in [-0.25, -0.2) is 4.98 Å². The second-order valence-electron chi connectivity index (χ2n) is 6.55. The molecule has 5 nitrogen and oxygen atoms in total. The molecule has 1 aromatic heterocycles. The van der Waals surface area contributed by atoms with E-state index in [2.05, 4.69) is 23.3 Å². The number of carbonyl (C=O) groups is 1. The van der Waals surface area contributed by atoms with Gasteiger partial charge in [0.05, 0.1) is 0 Å². The number of aromatic nitrogens is 1. The normalized spacial score (nSPS) is 22.5. The number of benzene rings is 1. The number of hydrogen-bond donors (Lipinski definition) is 1. The number of carbonyl (C=O) groups excluding carboxylic acids is 1. The minimum atomic E-state index is 0.113. The fourth-order valence-corrected chi connectivity index (χ4v) is 3.62. The van der Waals surface area contributed by atoms with E-state index in [0.717, 1.165) is 35.2 Å². The Morgan fingerprint density at radius 1 is 1.29 bits per heavy atom. The number of pyridine rings is 1. The van der Waals surface area contributed by atoms with E-state index in [0.29, 0.717) is 18.3 Å². The molecule has 4 rings (SSSR count). The van der Waals surface area contributed by atoms with E-state index >= 15 is 0 Å². The molecule has 0 aliphatic carbocycles. The van der Waals surface area contributed by atoms with Crippen LogP contribution in [0.25, 0.3) is 11.1 Å². The second-order valence-corrected chi connectivity index (χ2v) is 6.55. The van der Waals surface area contributed by atoms with Gasteiger partial charge in [-0.3, -0.25) is 4.79 Å². The summed E-state index contributed by atoms with van der Waals surface area (Å²) in [6.45, 7) is 3.71. The van der Waals surface area contributed by atoms with Crippen LogP contribution >= 0.6 is 0 Å². The Bertz CT molecular complexity index is 855. The average Bonchev–Trinajstić information content (AvgIpc) is 3.18. The van der Waals surface area contributed by atoms with Crippen molar-refractivity contribution in [1.82, 2.24) is 15.2 Å². The molecule has 1 fully saturated rings. The van der Waals surface area contributed by atoms with Crippen molar-refractivity contribution in [3.8, 4) is 17.2 Å². The molecule has 0 bridgehead atoms. The lowest BCUT2D eigenvalue weighted by atomic mass is 10.0. The highest BCUT2D eigenvalue weighted by Gasteiger charge is 2.35. The van der Waals surface area contributed by atoms with Gasteiger partial charge in [0.25, 0.3) is 5.91 Å². The van der Waals surface area contributed by atoms with Crippen LogP contribution in [0.5, 0.6) is 0 Å². The maximum atomic E-state index is 12.8. The molecular weight excluding hydrogens is 300 g/mol. The minimum Gasteiger partial charge on any atom is -0.330 e. The first kappa shape index (κ1) is 14.9. The van der Waals surface area contributed by atoms with Gasteiger partial charge in [0, 0.05) is 36.9 Å². The van der Waals surface area contributed by atoms with Crippen LogP contribution in [0.3, 0.4) is 0 Å². The van der Waals surface area contributed by atoms with Crippen LogP contribution in [0.15, 0.2) is 36.5 Å². The molecule has 0 unspecified atom stereocenters. The summed E-state index contributed by atoms with van der Waals surface area (Å²) in [6.07, 6.45) is 2.63. The van der Waals surface area contributed by atoms with Crippen LogP contribution < -0.4 is 5.32 Å². The summed E-state index contributed by atoms with van der Waals surface area (Å²) in [5, 5.41) is 12.4. The van der Waals surface area contributed by atoms with Gasteiger partial charge in [0.15, 0.2) is 0 Å². The molecule has 1 aromatic carbocycles. The van der Waals surface area contributed by atoms with Crippen molar-refractivity contribution in [3.63, 3.8) is 0 Å². The van der Waals surface area contributed by atoms with Gasteiger partial charge in [-0.15, -0.1) is 0 Å². The highest BCUT2D eigenvalue weighted by Crippen LogP contribution is 2.31. The third-order valence-electron chi connectivity index (χ3n) is 4.92. The van der Waals surface area contributed by atoms with Crippen molar-refractivity contribution in [3.05, 3.63) is 53.3 Å². The van der Waals surface area contributed by atoms with Gasteiger partial charge >= 0.3 is 0 Å². The average molecular weight is 318 g/mol. The first-order valence-corrected chi connectivity index (χ1v) is 8.19. The molecule has 5 heteroatoms. The fourth-order valence-electron chi connectivity index (χ4n) is 3.62. The number of fused-ring (bicyclic) bond motifs is 1. The van der Waals surface area contributed by atoms with E-state index in [1.807, 2.05) is 29.2 Å². The molecule has 0 radical (unpaired) electrons. The molecule has 2 atom stereocenters. The van der Waals surface area contributed by atoms with Crippen molar-refractivity contribution < 1.29 is 4.79 Å². The second kappa shape index (κ2) is 5.73. The van der Waals surface area contributed by atoms with E-state index in [1.165, 1.54) is 0 Å². The zero-order chi connectivity index (χ0) is 16.7. The summed E-state index contributed by atoms with van der Waals surface area (Å²) < 4.78 is 0. The van der Waals surface area contributed by atoms with Crippen molar-refractivity contribution in [2.45, 2.75) is 32.0 Å². The molecule has 2 aromatic rings. The van der Waals surface area contributed by atoms with E-state index in [-0.39, 0.29) is 11.9 Å². The third-order valence-corrected chi connectivity index (χ3v) is 4.92. The SMILES string of the molecule is C[C@@H]1C[C@@H](N2Cc3ccc(-c4ccnc(C#N)c4)cc3C2=O)CN1. The fraction of sp³-hybridized carbons (Fsp3) is 0.316. The van der Waals surface area contributed by atoms with Gasteiger partial charge in [0.2, 0.25) is 0 Å². The highest BCUT2D eigenvalue weighted by molar-refractivity contribution is 5.99. The molecule has 1 amide bonds. The van der Waals surface area contributed by atoms with Gasteiger partial charge in [-0.1, -0.05) is 12.1 Å². The van der Waals surface area contributed by atoms with Crippen LogP contribution in [-0.2, 0) is 6.54 Å².